The molecule has 0 aliphatic rings. The van der Waals surface area contributed by atoms with Crippen LogP contribution in [0.2, 0.25) is 5.15 Å². The molecule has 0 fully saturated rings. The number of aliphatic hydroxyl groups excluding tert-OH is 1. The number of halogens is 1. The van der Waals surface area contributed by atoms with Crippen molar-refractivity contribution in [2.24, 2.45) is 7.05 Å². The number of aromatic nitrogens is 2. The Morgan fingerprint density at radius 2 is 2.18 bits per heavy atom. The molecule has 0 aliphatic heterocycles. The summed E-state index contributed by atoms with van der Waals surface area (Å²) in [5, 5.41) is 14.4. The van der Waals surface area contributed by atoms with Gasteiger partial charge in [0.1, 0.15) is 5.15 Å². The quantitative estimate of drug-likeness (QED) is 0.848. The molecule has 1 aromatic rings. The highest BCUT2D eigenvalue weighted by Crippen LogP contribution is 2.21. The second-order valence-electron chi connectivity index (χ2n) is 4.57. The number of hydrogen-bond acceptors (Lipinski definition) is 3. The van der Waals surface area contributed by atoms with Crippen LogP contribution in [0.4, 0.5) is 0 Å². The van der Waals surface area contributed by atoms with Crippen LogP contribution in [0.25, 0.3) is 0 Å². The highest BCUT2D eigenvalue weighted by Gasteiger charge is 2.14. The van der Waals surface area contributed by atoms with E-state index in [1.54, 1.807) is 4.68 Å². The van der Waals surface area contributed by atoms with E-state index in [2.05, 4.69) is 16.9 Å². The van der Waals surface area contributed by atoms with Crippen LogP contribution in [0.15, 0.2) is 0 Å². The molecule has 5 heteroatoms. The fourth-order valence-electron chi connectivity index (χ4n) is 1.80. The topological polar surface area (TPSA) is 41.3 Å². The molecule has 0 amide bonds. The predicted molar refractivity (Wildman–Crippen MR) is 70.2 cm³/mol. The summed E-state index contributed by atoms with van der Waals surface area (Å²) in [4.78, 5) is 2.16. The van der Waals surface area contributed by atoms with Crippen molar-refractivity contribution in [2.75, 3.05) is 13.6 Å². The monoisotopic (exact) mass is 259 g/mol. The van der Waals surface area contributed by atoms with Crippen LogP contribution in [0.1, 0.15) is 31.5 Å². The fraction of sp³-hybridized carbons (Fsp3) is 0.750. The molecule has 0 spiro atoms. The second kappa shape index (κ2) is 6.38. The largest absolute Gasteiger partial charge is 0.393 e. The van der Waals surface area contributed by atoms with E-state index in [0.717, 1.165) is 37.2 Å². The lowest BCUT2D eigenvalue weighted by Gasteiger charge is -2.17. The highest BCUT2D eigenvalue weighted by molar-refractivity contribution is 6.30. The molecular weight excluding hydrogens is 238 g/mol. The summed E-state index contributed by atoms with van der Waals surface area (Å²) in [5.41, 5.74) is 2.16. The van der Waals surface area contributed by atoms with Crippen molar-refractivity contribution >= 4 is 11.6 Å². The van der Waals surface area contributed by atoms with Crippen molar-refractivity contribution < 1.29 is 5.11 Å². The lowest BCUT2D eigenvalue weighted by Crippen LogP contribution is -2.22. The van der Waals surface area contributed by atoms with Gasteiger partial charge in [-0.1, -0.05) is 18.5 Å². The van der Waals surface area contributed by atoms with E-state index in [1.807, 2.05) is 21.0 Å². The molecule has 17 heavy (non-hydrogen) atoms. The van der Waals surface area contributed by atoms with Gasteiger partial charge in [0.25, 0.3) is 0 Å². The van der Waals surface area contributed by atoms with Gasteiger partial charge in [0.2, 0.25) is 0 Å². The first-order chi connectivity index (χ1) is 7.95. The standard InChI is InChI=1S/C12H22ClN3O/c1-5-11-10(12(13)16(4)14-11)8-15(3)7-6-9(2)17/h9,17H,5-8H2,1-4H3. The summed E-state index contributed by atoms with van der Waals surface area (Å²) in [6, 6.07) is 0. The Labute approximate surface area is 108 Å². The van der Waals surface area contributed by atoms with Crippen molar-refractivity contribution in [3.8, 4) is 0 Å². The Morgan fingerprint density at radius 1 is 1.53 bits per heavy atom. The SMILES string of the molecule is CCc1nn(C)c(Cl)c1CN(C)CCC(C)O. The zero-order chi connectivity index (χ0) is 13.0. The Kier molecular flexibility index (Phi) is 5.43. The summed E-state index contributed by atoms with van der Waals surface area (Å²) >= 11 is 6.22. The minimum atomic E-state index is -0.257. The number of aliphatic hydroxyl groups is 1. The highest BCUT2D eigenvalue weighted by atomic mass is 35.5. The fourth-order valence-corrected chi connectivity index (χ4v) is 2.00. The Hall–Kier alpha value is -0.580. The third-order valence-corrected chi connectivity index (χ3v) is 3.32. The molecule has 1 unspecified atom stereocenters. The molecule has 1 rings (SSSR count). The molecule has 1 atom stereocenters. The van der Waals surface area contributed by atoms with Crippen LogP contribution in [0, 0.1) is 0 Å². The van der Waals surface area contributed by atoms with Gasteiger partial charge in [-0.2, -0.15) is 5.10 Å². The van der Waals surface area contributed by atoms with Gasteiger partial charge in [-0.15, -0.1) is 0 Å². The van der Waals surface area contributed by atoms with Crippen LogP contribution in [-0.4, -0.2) is 39.5 Å². The first-order valence-electron chi connectivity index (χ1n) is 6.02. The molecule has 0 radical (unpaired) electrons. The molecule has 1 heterocycles. The second-order valence-corrected chi connectivity index (χ2v) is 4.93. The van der Waals surface area contributed by atoms with Crippen molar-refractivity contribution in [3.63, 3.8) is 0 Å². The Morgan fingerprint density at radius 3 is 2.71 bits per heavy atom. The third-order valence-electron chi connectivity index (χ3n) is 2.84. The van der Waals surface area contributed by atoms with E-state index in [4.69, 9.17) is 11.6 Å². The Balaban J connectivity index is 2.67. The molecule has 1 aromatic heterocycles. The molecule has 1 N–H and O–H groups in total. The number of hydrogen-bond donors (Lipinski definition) is 1. The van der Waals surface area contributed by atoms with Gasteiger partial charge in [-0.3, -0.25) is 4.68 Å². The van der Waals surface area contributed by atoms with Gasteiger partial charge in [0.05, 0.1) is 11.8 Å². The molecule has 98 valence electrons. The maximum Gasteiger partial charge on any atom is 0.131 e. The molecular formula is C12H22ClN3O. The summed E-state index contributed by atoms with van der Waals surface area (Å²) < 4.78 is 1.72. The normalized spacial score (nSPS) is 13.4. The average Bonchev–Trinajstić information content (AvgIpc) is 2.54. The van der Waals surface area contributed by atoms with Crippen molar-refractivity contribution in [2.45, 2.75) is 39.3 Å². The van der Waals surface area contributed by atoms with Crippen LogP contribution >= 0.6 is 11.6 Å². The Bertz CT molecular complexity index is 363. The summed E-state index contributed by atoms with van der Waals surface area (Å²) in [5.74, 6) is 0. The molecule has 0 aliphatic carbocycles. The van der Waals surface area contributed by atoms with E-state index >= 15 is 0 Å². The van der Waals surface area contributed by atoms with E-state index in [0.29, 0.717) is 5.15 Å². The predicted octanol–water partition coefficient (Wildman–Crippen LogP) is 1.84. The van der Waals surface area contributed by atoms with Gasteiger partial charge < -0.3 is 10.0 Å². The molecule has 0 saturated carbocycles. The van der Waals surface area contributed by atoms with Gasteiger partial charge in [-0.25, -0.2) is 0 Å². The van der Waals surface area contributed by atoms with Gasteiger partial charge in [0.15, 0.2) is 0 Å². The molecule has 0 saturated heterocycles. The van der Waals surface area contributed by atoms with Gasteiger partial charge in [0, 0.05) is 25.7 Å². The van der Waals surface area contributed by atoms with Crippen molar-refractivity contribution in [1.82, 2.24) is 14.7 Å². The van der Waals surface area contributed by atoms with Crippen molar-refractivity contribution in [1.29, 1.82) is 0 Å². The number of aryl methyl sites for hydroxylation is 2. The number of rotatable bonds is 6. The van der Waals surface area contributed by atoms with E-state index < -0.39 is 0 Å². The summed E-state index contributed by atoms with van der Waals surface area (Å²) in [7, 11) is 3.89. The lowest BCUT2D eigenvalue weighted by molar-refractivity contribution is 0.163. The van der Waals surface area contributed by atoms with Crippen LogP contribution in [0.5, 0.6) is 0 Å². The molecule has 0 bridgehead atoms. The van der Waals surface area contributed by atoms with Gasteiger partial charge in [-0.05, 0) is 26.8 Å². The van der Waals surface area contributed by atoms with Crippen LogP contribution in [0.3, 0.4) is 0 Å². The van der Waals surface area contributed by atoms with Crippen molar-refractivity contribution in [3.05, 3.63) is 16.4 Å². The molecule has 4 nitrogen and oxygen atoms in total. The molecule has 0 aromatic carbocycles. The van der Waals surface area contributed by atoms with Crippen LogP contribution < -0.4 is 0 Å². The first-order valence-corrected chi connectivity index (χ1v) is 6.40. The first kappa shape index (κ1) is 14.5. The number of nitrogens with zero attached hydrogens (tertiary/aromatic N) is 3. The lowest BCUT2D eigenvalue weighted by atomic mass is 10.2. The van der Waals surface area contributed by atoms with E-state index in [9.17, 15) is 5.11 Å². The maximum absolute atomic E-state index is 9.26. The zero-order valence-electron chi connectivity index (χ0n) is 11.1. The van der Waals surface area contributed by atoms with E-state index in [-0.39, 0.29) is 6.10 Å². The minimum Gasteiger partial charge on any atom is -0.393 e. The summed E-state index contributed by atoms with van der Waals surface area (Å²) in [6.45, 7) is 5.52. The van der Waals surface area contributed by atoms with E-state index in [1.165, 1.54) is 0 Å². The van der Waals surface area contributed by atoms with Gasteiger partial charge >= 0.3 is 0 Å². The summed E-state index contributed by atoms with van der Waals surface area (Å²) in [6.07, 6.45) is 1.41. The smallest absolute Gasteiger partial charge is 0.131 e. The van der Waals surface area contributed by atoms with Crippen LogP contribution in [-0.2, 0) is 20.0 Å². The minimum absolute atomic E-state index is 0.257. The zero-order valence-corrected chi connectivity index (χ0v) is 11.8. The average molecular weight is 260 g/mol. The maximum atomic E-state index is 9.26. The third kappa shape index (κ3) is 3.98.